The van der Waals surface area contributed by atoms with Crippen molar-refractivity contribution in [2.45, 2.75) is 25.7 Å². The second-order valence-electron chi connectivity index (χ2n) is 5.76. The Bertz CT molecular complexity index is 362. The summed E-state index contributed by atoms with van der Waals surface area (Å²) >= 11 is 0. The summed E-state index contributed by atoms with van der Waals surface area (Å²) in [6.45, 7) is 2.68. The van der Waals surface area contributed by atoms with Gasteiger partial charge in [-0.05, 0) is 25.3 Å². The number of fused-ring (bicyclic) bond motifs is 1. The first-order valence-corrected chi connectivity index (χ1v) is 7.44. The third kappa shape index (κ3) is 3.30. The quantitative estimate of drug-likeness (QED) is 0.582. The molecule has 1 saturated carbocycles. The highest BCUT2D eigenvalue weighted by Gasteiger charge is 2.49. The maximum absolute atomic E-state index is 12.5. The van der Waals surface area contributed by atoms with Crippen LogP contribution in [0.15, 0.2) is 0 Å². The fourth-order valence-electron chi connectivity index (χ4n) is 3.38. The zero-order valence-corrected chi connectivity index (χ0v) is 12.2. The van der Waals surface area contributed by atoms with Gasteiger partial charge < -0.3 is 20.7 Å². The van der Waals surface area contributed by atoms with Gasteiger partial charge in [0.2, 0.25) is 11.8 Å². The fourth-order valence-corrected chi connectivity index (χ4v) is 3.38. The zero-order valence-electron chi connectivity index (χ0n) is 12.2. The minimum Gasteiger partial charge on any atom is -0.383 e. The van der Waals surface area contributed by atoms with Crippen molar-refractivity contribution in [1.29, 1.82) is 0 Å². The van der Waals surface area contributed by atoms with Gasteiger partial charge in [-0.15, -0.1) is 0 Å². The normalized spacial score (nSPS) is 28.8. The summed E-state index contributed by atoms with van der Waals surface area (Å²) in [7, 11) is 1.59. The van der Waals surface area contributed by atoms with Crippen molar-refractivity contribution in [2.24, 2.45) is 11.3 Å². The van der Waals surface area contributed by atoms with Gasteiger partial charge in [0.05, 0.1) is 18.6 Å². The van der Waals surface area contributed by atoms with E-state index in [-0.39, 0.29) is 23.8 Å². The zero-order chi connectivity index (χ0) is 14.4. The van der Waals surface area contributed by atoms with E-state index in [0.717, 1.165) is 32.4 Å². The van der Waals surface area contributed by atoms with Crippen LogP contribution in [0.2, 0.25) is 0 Å². The summed E-state index contributed by atoms with van der Waals surface area (Å²) in [4.78, 5) is 24.1. The molecule has 0 radical (unpaired) electrons. The molecule has 2 atom stereocenters. The molecule has 0 aromatic heterocycles. The van der Waals surface area contributed by atoms with Crippen LogP contribution in [-0.4, -0.2) is 51.7 Å². The largest absolute Gasteiger partial charge is 0.383 e. The van der Waals surface area contributed by atoms with Crippen LogP contribution in [0.5, 0.6) is 0 Å². The van der Waals surface area contributed by atoms with Crippen LogP contribution in [-0.2, 0) is 14.3 Å². The molecule has 0 aromatic carbocycles. The monoisotopic (exact) mass is 283 g/mol. The van der Waals surface area contributed by atoms with Crippen LogP contribution in [0.1, 0.15) is 25.7 Å². The van der Waals surface area contributed by atoms with Crippen LogP contribution < -0.4 is 16.0 Å². The van der Waals surface area contributed by atoms with E-state index in [4.69, 9.17) is 4.74 Å². The summed E-state index contributed by atoms with van der Waals surface area (Å²) in [5, 5.41) is 8.85. The number of carbonyl (C=O) groups excluding carboxylic acids is 2. The van der Waals surface area contributed by atoms with E-state index in [0.29, 0.717) is 19.1 Å². The van der Waals surface area contributed by atoms with Gasteiger partial charge in [0.25, 0.3) is 0 Å². The lowest BCUT2D eigenvalue weighted by atomic mass is 9.67. The number of carbonyl (C=O) groups is 2. The van der Waals surface area contributed by atoms with E-state index in [2.05, 4.69) is 16.0 Å². The first-order chi connectivity index (χ1) is 9.69. The summed E-state index contributed by atoms with van der Waals surface area (Å²) in [6.07, 6.45) is 4.35. The molecule has 0 aromatic rings. The molecule has 20 heavy (non-hydrogen) atoms. The Hall–Kier alpha value is -1.14. The average molecular weight is 283 g/mol. The number of hydrogen-bond acceptors (Lipinski definition) is 4. The van der Waals surface area contributed by atoms with Gasteiger partial charge in [-0.3, -0.25) is 9.59 Å². The first kappa shape index (κ1) is 15.3. The highest BCUT2D eigenvalue weighted by molar-refractivity contribution is 5.88. The molecular weight excluding hydrogens is 258 g/mol. The van der Waals surface area contributed by atoms with Crippen molar-refractivity contribution in [2.75, 3.05) is 39.9 Å². The Labute approximate surface area is 120 Å². The molecule has 1 aliphatic carbocycles. The molecule has 6 heteroatoms. The summed E-state index contributed by atoms with van der Waals surface area (Å²) in [5.74, 6) is 0.298. The van der Waals surface area contributed by atoms with E-state index >= 15 is 0 Å². The van der Waals surface area contributed by atoms with E-state index in [1.54, 1.807) is 7.11 Å². The Balaban J connectivity index is 1.80. The third-order valence-corrected chi connectivity index (χ3v) is 4.53. The van der Waals surface area contributed by atoms with Gasteiger partial charge in [0, 0.05) is 20.2 Å². The van der Waals surface area contributed by atoms with Gasteiger partial charge in [-0.25, -0.2) is 0 Å². The Morgan fingerprint density at radius 2 is 2.20 bits per heavy atom. The molecular formula is C14H25N3O3. The molecule has 1 aliphatic heterocycles. The lowest BCUT2D eigenvalue weighted by molar-refractivity contribution is -0.135. The lowest BCUT2D eigenvalue weighted by Crippen LogP contribution is -2.50. The van der Waals surface area contributed by atoms with E-state index in [1.165, 1.54) is 6.42 Å². The van der Waals surface area contributed by atoms with Crippen LogP contribution in [0.25, 0.3) is 0 Å². The van der Waals surface area contributed by atoms with E-state index < -0.39 is 0 Å². The number of methoxy groups -OCH3 is 1. The molecule has 2 aliphatic rings. The fraction of sp³-hybridized carbons (Fsp3) is 0.857. The summed E-state index contributed by atoms with van der Waals surface area (Å²) < 4.78 is 4.86. The van der Waals surface area contributed by atoms with Gasteiger partial charge in [-0.2, -0.15) is 0 Å². The standard InChI is InChI=1S/C14H25N3O3/c1-20-7-6-16-12(18)9-17-13(19)14-5-3-2-4-11(14)8-15-10-14/h11,15H,2-10H2,1H3,(H,16,18)(H,17,19)/t11-,14+/m0/s1. The topological polar surface area (TPSA) is 79.5 Å². The molecule has 2 amide bonds. The molecule has 1 heterocycles. The maximum Gasteiger partial charge on any atom is 0.239 e. The van der Waals surface area contributed by atoms with Crippen molar-refractivity contribution in [3.05, 3.63) is 0 Å². The predicted octanol–water partition coefficient (Wildman–Crippen LogP) is -0.355. The highest BCUT2D eigenvalue weighted by Crippen LogP contribution is 2.43. The Morgan fingerprint density at radius 1 is 1.35 bits per heavy atom. The van der Waals surface area contributed by atoms with Crippen molar-refractivity contribution in [1.82, 2.24) is 16.0 Å². The smallest absolute Gasteiger partial charge is 0.239 e. The Morgan fingerprint density at radius 3 is 3.00 bits per heavy atom. The lowest BCUT2D eigenvalue weighted by Gasteiger charge is -2.37. The van der Waals surface area contributed by atoms with Crippen LogP contribution in [0, 0.1) is 11.3 Å². The maximum atomic E-state index is 12.5. The number of rotatable bonds is 6. The van der Waals surface area contributed by atoms with Crippen LogP contribution >= 0.6 is 0 Å². The number of ether oxygens (including phenoxy) is 1. The van der Waals surface area contributed by atoms with E-state index in [1.807, 2.05) is 0 Å². The number of hydrogen-bond donors (Lipinski definition) is 3. The minimum absolute atomic E-state index is 0.0362. The molecule has 6 nitrogen and oxygen atoms in total. The van der Waals surface area contributed by atoms with Crippen LogP contribution in [0.3, 0.4) is 0 Å². The SMILES string of the molecule is COCCNC(=O)CNC(=O)[C@@]12CCCC[C@H]1CNC2. The van der Waals surface area contributed by atoms with E-state index in [9.17, 15) is 9.59 Å². The van der Waals surface area contributed by atoms with Gasteiger partial charge >= 0.3 is 0 Å². The third-order valence-electron chi connectivity index (χ3n) is 4.53. The summed E-state index contributed by atoms with van der Waals surface area (Å²) in [5.41, 5.74) is -0.287. The van der Waals surface area contributed by atoms with Crippen molar-refractivity contribution in [3.63, 3.8) is 0 Å². The molecule has 3 N–H and O–H groups in total. The summed E-state index contributed by atoms with van der Waals surface area (Å²) in [6, 6.07) is 0. The van der Waals surface area contributed by atoms with Gasteiger partial charge in [0.1, 0.15) is 0 Å². The minimum atomic E-state index is -0.287. The molecule has 0 spiro atoms. The molecule has 1 saturated heterocycles. The van der Waals surface area contributed by atoms with Crippen molar-refractivity contribution in [3.8, 4) is 0 Å². The molecule has 114 valence electrons. The molecule has 0 bridgehead atoms. The average Bonchev–Trinajstić information content (AvgIpc) is 2.90. The predicted molar refractivity (Wildman–Crippen MR) is 75.2 cm³/mol. The molecule has 2 fully saturated rings. The first-order valence-electron chi connectivity index (χ1n) is 7.44. The number of nitrogens with one attached hydrogen (secondary N) is 3. The van der Waals surface area contributed by atoms with Crippen molar-refractivity contribution >= 4 is 11.8 Å². The van der Waals surface area contributed by atoms with Gasteiger partial charge in [0.15, 0.2) is 0 Å². The van der Waals surface area contributed by atoms with Crippen molar-refractivity contribution < 1.29 is 14.3 Å². The molecule has 0 unspecified atom stereocenters. The molecule has 2 rings (SSSR count). The highest BCUT2D eigenvalue weighted by atomic mass is 16.5. The second kappa shape index (κ2) is 7.04. The second-order valence-corrected chi connectivity index (χ2v) is 5.76. The van der Waals surface area contributed by atoms with Crippen LogP contribution in [0.4, 0.5) is 0 Å². The van der Waals surface area contributed by atoms with Gasteiger partial charge in [-0.1, -0.05) is 12.8 Å². The Kier molecular flexibility index (Phi) is 5.37. The number of amides is 2.